The topological polar surface area (TPSA) is 79.8 Å². The Hall–Kier alpha value is -3.58. The van der Waals surface area contributed by atoms with E-state index in [4.69, 9.17) is 4.74 Å². The molecule has 0 bridgehead atoms. The van der Waals surface area contributed by atoms with Gasteiger partial charge in [-0.25, -0.2) is 5.43 Å². The van der Waals surface area contributed by atoms with Crippen molar-refractivity contribution in [2.45, 2.75) is 19.6 Å². The van der Waals surface area contributed by atoms with Crippen LogP contribution in [-0.2, 0) is 10.5 Å². The molecule has 0 spiro atoms. The monoisotopic (exact) mass is 461 g/mol. The summed E-state index contributed by atoms with van der Waals surface area (Å²) in [5.74, 6) is 1.41. The number of amides is 2. The summed E-state index contributed by atoms with van der Waals surface area (Å²) in [6.45, 7) is 3.86. The summed E-state index contributed by atoms with van der Waals surface area (Å²) in [7, 11) is 1.58. The molecule has 0 radical (unpaired) electrons. The normalized spacial score (nSPS) is 11.1. The largest absolute Gasteiger partial charge is 0.497 e. The maximum Gasteiger partial charge on any atom is 0.255 e. The number of nitrogens with zero attached hydrogens (tertiary/aromatic N) is 1. The number of thioether (sulfide) groups is 1. The van der Waals surface area contributed by atoms with Gasteiger partial charge in [-0.15, -0.1) is 11.8 Å². The van der Waals surface area contributed by atoms with Crippen molar-refractivity contribution in [3.63, 3.8) is 0 Å². The fourth-order valence-electron chi connectivity index (χ4n) is 2.96. The lowest BCUT2D eigenvalue weighted by Crippen LogP contribution is -2.21. The Morgan fingerprint density at radius 1 is 0.970 bits per heavy atom. The Labute approximate surface area is 198 Å². The van der Waals surface area contributed by atoms with Gasteiger partial charge in [-0.1, -0.05) is 42.0 Å². The minimum atomic E-state index is -0.219. The Balaban J connectivity index is 1.52. The third-order valence-electron chi connectivity index (χ3n) is 4.86. The van der Waals surface area contributed by atoms with E-state index < -0.39 is 0 Å². The molecule has 170 valence electrons. The van der Waals surface area contributed by atoms with Crippen LogP contribution in [0.4, 0.5) is 5.69 Å². The highest BCUT2D eigenvalue weighted by Crippen LogP contribution is 2.16. The van der Waals surface area contributed by atoms with Gasteiger partial charge in [0.05, 0.1) is 18.6 Å². The zero-order valence-electron chi connectivity index (χ0n) is 18.9. The fourth-order valence-corrected chi connectivity index (χ4v) is 3.74. The number of hydrogen-bond donors (Lipinski definition) is 2. The van der Waals surface area contributed by atoms with Crippen molar-refractivity contribution >= 4 is 35.0 Å². The van der Waals surface area contributed by atoms with Crippen LogP contribution in [0.2, 0.25) is 0 Å². The average Bonchev–Trinajstić information content (AvgIpc) is 2.84. The first-order valence-corrected chi connectivity index (χ1v) is 11.6. The van der Waals surface area contributed by atoms with E-state index in [-0.39, 0.29) is 11.8 Å². The quantitative estimate of drug-likeness (QED) is 0.346. The van der Waals surface area contributed by atoms with Gasteiger partial charge in [-0.05, 0) is 61.4 Å². The van der Waals surface area contributed by atoms with E-state index in [0.29, 0.717) is 28.5 Å². The number of rotatable bonds is 9. The highest BCUT2D eigenvalue weighted by Gasteiger charge is 2.08. The molecule has 0 aliphatic heterocycles. The molecular weight excluding hydrogens is 434 g/mol. The molecule has 0 saturated heterocycles. The molecule has 3 aromatic rings. The number of ether oxygens (including phenoxy) is 1. The Morgan fingerprint density at radius 2 is 1.70 bits per heavy atom. The summed E-state index contributed by atoms with van der Waals surface area (Å²) in [4.78, 5) is 24.6. The van der Waals surface area contributed by atoms with Gasteiger partial charge in [-0.2, -0.15) is 5.10 Å². The lowest BCUT2D eigenvalue weighted by Gasteiger charge is -2.08. The molecule has 0 saturated carbocycles. The molecule has 0 atom stereocenters. The van der Waals surface area contributed by atoms with Crippen LogP contribution in [0.3, 0.4) is 0 Å². The number of benzene rings is 3. The minimum absolute atomic E-state index is 0.157. The summed E-state index contributed by atoms with van der Waals surface area (Å²) < 4.78 is 5.12. The highest BCUT2D eigenvalue weighted by molar-refractivity contribution is 7.99. The maximum atomic E-state index is 12.5. The van der Waals surface area contributed by atoms with Crippen LogP contribution in [0.25, 0.3) is 0 Å². The van der Waals surface area contributed by atoms with Crippen molar-refractivity contribution < 1.29 is 14.3 Å². The summed E-state index contributed by atoms with van der Waals surface area (Å²) >= 11 is 1.54. The summed E-state index contributed by atoms with van der Waals surface area (Å²) in [5.41, 5.74) is 7.63. The van der Waals surface area contributed by atoms with Crippen LogP contribution in [0.1, 0.15) is 34.0 Å². The molecule has 0 fully saturated rings. The molecule has 7 heteroatoms. The number of hydrazone groups is 1. The molecule has 2 amide bonds. The molecule has 6 nitrogen and oxygen atoms in total. The SMILES string of the molecule is COc1ccc(C(=O)Nc2cccc(/C(C)=N\NC(=O)CSCc3ccc(C)cc3)c2)cc1. The van der Waals surface area contributed by atoms with E-state index >= 15 is 0 Å². The number of carbonyl (C=O) groups is 2. The van der Waals surface area contributed by atoms with Gasteiger partial charge in [0.2, 0.25) is 5.91 Å². The third kappa shape index (κ3) is 7.50. The van der Waals surface area contributed by atoms with E-state index in [0.717, 1.165) is 11.3 Å². The van der Waals surface area contributed by atoms with E-state index in [1.807, 2.05) is 25.1 Å². The molecule has 0 aliphatic rings. The zero-order valence-corrected chi connectivity index (χ0v) is 19.7. The second-order valence-electron chi connectivity index (χ2n) is 7.47. The molecule has 0 heterocycles. The van der Waals surface area contributed by atoms with E-state index in [2.05, 4.69) is 47.0 Å². The van der Waals surface area contributed by atoms with Gasteiger partial charge < -0.3 is 10.1 Å². The van der Waals surface area contributed by atoms with Crippen LogP contribution in [0, 0.1) is 6.92 Å². The molecule has 3 aromatic carbocycles. The van der Waals surface area contributed by atoms with Crippen LogP contribution in [-0.4, -0.2) is 30.4 Å². The van der Waals surface area contributed by atoms with E-state index in [9.17, 15) is 9.59 Å². The lowest BCUT2D eigenvalue weighted by molar-refractivity contribution is -0.118. The van der Waals surface area contributed by atoms with Crippen LogP contribution in [0.15, 0.2) is 77.9 Å². The van der Waals surface area contributed by atoms with Gasteiger partial charge in [0, 0.05) is 17.0 Å². The third-order valence-corrected chi connectivity index (χ3v) is 5.86. The second-order valence-corrected chi connectivity index (χ2v) is 8.46. The summed E-state index contributed by atoms with van der Waals surface area (Å²) in [6.07, 6.45) is 0. The lowest BCUT2D eigenvalue weighted by atomic mass is 10.1. The van der Waals surface area contributed by atoms with E-state index in [1.54, 1.807) is 49.2 Å². The molecule has 33 heavy (non-hydrogen) atoms. The number of anilines is 1. The van der Waals surface area contributed by atoms with Crippen molar-refractivity contribution in [2.24, 2.45) is 5.10 Å². The van der Waals surface area contributed by atoms with Crippen LogP contribution >= 0.6 is 11.8 Å². The molecule has 3 rings (SSSR count). The van der Waals surface area contributed by atoms with Crippen molar-refractivity contribution in [2.75, 3.05) is 18.2 Å². The van der Waals surface area contributed by atoms with Crippen molar-refractivity contribution in [3.05, 3.63) is 95.1 Å². The Bertz CT molecular complexity index is 1130. The number of nitrogens with one attached hydrogen (secondary N) is 2. The van der Waals surface area contributed by atoms with Gasteiger partial charge >= 0.3 is 0 Å². The number of methoxy groups -OCH3 is 1. The molecule has 0 aliphatic carbocycles. The van der Waals surface area contributed by atoms with Gasteiger partial charge in [0.1, 0.15) is 5.75 Å². The predicted molar refractivity (Wildman–Crippen MR) is 135 cm³/mol. The highest BCUT2D eigenvalue weighted by atomic mass is 32.2. The first-order chi connectivity index (χ1) is 15.9. The van der Waals surface area contributed by atoms with Crippen molar-refractivity contribution in [1.82, 2.24) is 5.43 Å². The first-order valence-electron chi connectivity index (χ1n) is 10.5. The van der Waals surface area contributed by atoms with Gasteiger partial charge in [0.15, 0.2) is 0 Å². The van der Waals surface area contributed by atoms with Gasteiger partial charge in [-0.3, -0.25) is 9.59 Å². The van der Waals surface area contributed by atoms with E-state index in [1.165, 1.54) is 11.1 Å². The molecule has 0 unspecified atom stereocenters. The predicted octanol–water partition coefficient (Wildman–Crippen LogP) is 5.03. The molecule has 0 aromatic heterocycles. The number of carbonyl (C=O) groups excluding carboxylic acids is 2. The average molecular weight is 462 g/mol. The van der Waals surface area contributed by atoms with Crippen molar-refractivity contribution in [3.8, 4) is 5.75 Å². The number of aryl methyl sites for hydroxylation is 1. The number of hydrogen-bond acceptors (Lipinski definition) is 5. The first kappa shape index (κ1) is 24.1. The summed E-state index contributed by atoms with van der Waals surface area (Å²) in [5, 5.41) is 7.08. The van der Waals surface area contributed by atoms with Gasteiger partial charge in [0.25, 0.3) is 5.91 Å². The zero-order chi connectivity index (χ0) is 23.6. The minimum Gasteiger partial charge on any atom is -0.497 e. The molecular formula is C26H27N3O3S. The Morgan fingerprint density at radius 3 is 2.39 bits per heavy atom. The Kier molecular flexibility index (Phi) is 8.66. The van der Waals surface area contributed by atoms with Crippen LogP contribution in [0.5, 0.6) is 5.75 Å². The molecule has 2 N–H and O–H groups in total. The second kappa shape index (κ2) is 11.9. The summed E-state index contributed by atoms with van der Waals surface area (Å²) in [6, 6.07) is 22.5. The fraction of sp³-hybridized carbons (Fsp3) is 0.192. The standard InChI is InChI=1S/C26H27N3O3S/c1-18-7-9-20(10-8-18)16-33-17-25(30)29-28-19(2)22-5-4-6-23(15-22)27-26(31)21-11-13-24(32-3)14-12-21/h4-15H,16-17H2,1-3H3,(H,27,31)(H,29,30)/b28-19-. The maximum absolute atomic E-state index is 12.5. The van der Waals surface area contributed by atoms with Crippen molar-refractivity contribution in [1.29, 1.82) is 0 Å². The van der Waals surface area contributed by atoms with Crippen LogP contribution < -0.4 is 15.5 Å². The smallest absolute Gasteiger partial charge is 0.255 e.